The standard InChI is InChI=1S/C8H10N4OS/c9-8-5-6(7-1-2-10-14-7)11-12(8)3-4-13/h1-2,5,13H,3-4,9H2. The van der Waals surface area contributed by atoms with Gasteiger partial charge < -0.3 is 10.8 Å². The van der Waals surface area contributed by atoms with E-state index in [-0.39, 0.29) is 6.61 Å². The van der Waals surface area contributed by atoms with Crippen LogP contribution in [0.4, 0.5) is 5.82 Å². The summed E-state index contributed by atoms with van der Waals surface area (Å²) in [6.45, 7) is 0.457. The van der Waals surface area contributed by atoms with Gasteiger partial charge in [0.05, 0.1) is 18.0 Å². The van der Waals surface area contributed by atoms with Gasteiger partial charge in [-0.05, 0) is 17.6 Å². The maximum absolute atomic E-state index is 8.76. The molecule has 5 nitrogen and oxygen atoms in total. The Kier molecular flexibility index (Phi) is 2.47. The molecule has 0 spiro atoms. The maximum atomic E-state index is 8.76. The molecule has 0 aliphatic heterocycles. The number of nitrogens with two attached hydrogens (primary N) is 1. The summed E-state index contributed by atoms with van der Waals surface area (Å²) in [4.78, 5) is 0.980. The first-order chi connectivity index (χ1) is 6.81. The first-order valence-corrected chi connectivity index (χ1v) is 4.94. The van der Waals surface area contributed by atoms with E-state index in [0.29, 0.717) is 12.4 Å². The van der Waals surface area contributed by atoms with Crippen molar-refractivity contribution in [3.8, 4) is 10.6 Å². The van der Waals surface area contributed by atoms with Crippen molar-refractivity contribution in [1.29, 1.82) is 0 Å². The number of hydrogen-bond donors (Lipinski definition) is 2. The molecule has 74 valence electrons. The highest BCUT2D eigenvalue weighted by atomic mass is 32.1. The Balaban J connectivity index is 2.33. The predicted octanol–water partition coefficient (Wildman–Crippen LogP) is 0.581. The highest BCUT2D eigenvalue weighted by Crippen LogP contribution is 2.22. The van der Waals surface area contributed by atoms with E-state index in [9.17, 15) is 0 Å². The zero-order valence-corrected chi connectivity index (χ0v) is 8.24. The minimum absolute atomic E-state index is 0.0357. The molecule has 0 aliphatic carbocycles. The highest BCUT2D eigenvalue weighted by Gasteiger charge is 2.07. The van der Waals surface area contributed by atoms with Crippen molar-refractivity contribution < 1.29 is 5.11 Å². The Labute approximate surface area is 85.0 Å². The van der Waals surface area contributed by atoms with Crippen LogP contribution in [-0.2, 0) is 6.54 Å². The molecule has 14 heavy (non-hydrogen) atoms. The van der Waals surface area contributed by atoms with Crippen molar-refractivity contribution in [1.82, 2.24) is 14.2 Å². The lowest BCUT2D eigenvalue weighted by Crippen LogP contribution is -2.07. The van der Waals surface area contributed by atoms with Crippen LogP contribution >= 0.6 is 11.5 Å². The second-order valence-corrected chi connectivity index (χ2v) is 3.61. The first-order valence-electron chi connectivity index (χ1n) is 4.16. The Hall–Kier alpha value is -1.40. The first kappa shape index (κ1) is 9.17. The van der Waals surface area contributed by atoms with Crippen LogP contribution in [0.3, 0.4) is 0 Å². The smallest absolute Gasteiger partial charge is 0.122 e. The lowest BCUT2D eigenvalue weighted by molar-refractivity contribution is 0.270. The van der Waals surface area contributed by atoms with E-state index in [4.69, 9.17) is 10.8 Å². The lowest BCUT2D eigenvalue weighted by atomic mass is 10.3. The molecule has 2 heterocycles. The summed E-state index contributed by atoms with van der Waals surface area (Å²) in [5.41, 5.74) is 6.51. The van der Waals surface area contributed by atoms with E-state index in [1.54, 1.807) is 16.9 Å². The van der Waals surface area contributed by atoms with Crippen molar-refractivity contribution >= 4 is 17.4 Å². The number of aromatic nitrogens is 3. The fourth-order valence-corrected chi connectivity index (χ4v) is 1.72. The molecule has 2 rings (SSSR count). The number of nitrogen functional groups attached to an aromatic ring is 1. The van der Waals surface area contributed by atoms with E-state index in [1.807, 2.05) is 6.07 Å². The van der Waals surface area contributed by atoms with Crippen molar-refractivity contribution in [3.63, 3.8) is 0 Å². The van der Waals surface area contributed by atoms with Crippen LogP contribution in [0.1, 0.15) is 0 Å². The summed E-state index contributed by atoms with van der Waals surface area (Å²) in [7, 11) is 0. The monoisotopic (exact) mass is 210 g/mol. The van der Waals surface area contributed by atoms with Crippen LogP contribution in [-0.4, -0.2) is 25.9 Å². The fraction of sp³-hybridized carbons (Fsp3) is 0.250. The summed E-state index contributed by atoms with van der Waals surface area (Å²) in [6, 6.07) is 3.67. The van der Waals surface area contributed by atoms with Crippen LogP contribution in [0, 0.1) is 0 Å². The Morgan fingerprint density at radius 3 is 3.07 bits per heavy atom. The van der Waals surface area contributed by atoms with Gasteiger partial charge in [0, 0.05) is 12.3 Å². The molecule has 0 amide bonds. The second-order valence-electron chi connectivity index (χ2n) is 2.78. The van der Waals surface area contributed by atoms with E-state index in [1.165, 1.54) is 11.5 Å². The minimum atomic E-state index is 0.0357. The molecule has 6 heteroatoms. The van der Waals surface area contributed by atoms with Crippen LogP contribution in [0.5, 0.6) is 0 Å². The van der Waals surface area contributed by atoms with Crippen LogP contribution in [0.2, 0.25) is 0 Å². The third kappa shape index (κ3) is 1.61. The maximum Gasteiger partial charge on any atom is 0.122 e. The third-order valence-electron chi connectivity index (χ3n) is 1.81. The van der Waals surface area contributed by atoms with E-state index in [0.717, 1.165) is 10.6 Å². The summed E-state index contributed by atoms with van der Waals surface area (Å²) < 4.78 is 5.56. The molecule has 0 atom stereocenters. The Bertz CT molecular complexity index is 409. The summed E-state index contributed by atoms with van der Waals surface area (Å²) in [5, 5.41) is 13.0. The Morgan fingerprint density at radius 1 is 1.57 bits per heavy atom. The topological polar surface area (TPSA) is 77.0 Å². The highest BCUT2D eigenvalue weighted by molar-refractivity contribution is 7.09. The average Bonchev–Trinajstić information content (AvgIpc) is 2.76. The van der Waals surface area contributed by atoms with Gasteiger partial charge in [-0.15, -0.1) is 0 Å². The largest absolute Gasteiger partial charge is 0.394 e. The quantitative estimate of drug-likeness (QED) is 0.777. The average molecular weight is 210 g/mol. The lowest BCUT2D eigenvalue weighted by Gasteiger charge is -1.98. The van der Waals surface area contributed by atoms with Crippen molar-refractivity contribution in [2.75, 3.05) is 12.3 Å². The SMILES string of the molecule is Nc1cc(-c2ccns2)nn1CCO. The van der Waals surface area contributed by atoms with Crippen LogP contribution in [0.15, 0.2) is 18.3 Å². The number of aliphatic hydroxyl groups is 1. The fourth-order valence-electron chi connectivity index (χ4n) is 1.17. The van der Waals surface area contributed by atoms with Gasteiger partial charge in [0.1, 0.15) is 11.5 Å². The molecule has 3 N–H and O–H groups in total. The van der Waals surface area contributed by atoms with E-state index in [2.05, 4.69) is 9.47 Å². The van der Waals surface area contributed by atoms with Crippen LogP contribution < -0.4 is 5.73 Å². The molecule has 0 fully saturated rings. The minimum Gasteiger partial charge on any atom is -0.394 e. The zero-order valence-electron chi connectivity index (χ0n) is 7.42. The van der Waals surface area contributed by atoms with Crippen molar-refractivity contribution in [2.45, 2.75) is 6.54 Å². The van der Waals surface area contributed by atoms with Crippen molar-refractivity contribution in [2.24, 2.45) is 0 Å². The van der Waals surface area contributed by atoms with Gasteiger partial charge >= 0.3 is 0 Å². The van der Waals surface area contributed by atoms with Crippen molar-refractivity contribution in [3.05, 3.63) is 18.3 Å². The molecule has 0 aromatic carbocycles. The number of anilines is 1. The number of hydrogen-bond acceptors (Lipinski definition) is 5. The van der Waals surface area contributed by atoms with Gasteiger partial charge in [-0.3, -0.25) is 0 Å². The van der Waals surface area contributed by atoms with E-state index >= 15 is 0 Å². The Morgan fingerprint density at radius 2 is 2.43 bits per heavy atom. The van der Waals surface area contributed by atoms with E-state index < -0.39 is 0 Å². The van der Waals surface area contributed by atoms with Gasteiger partial charge in [0.25, 0.3) is 0 Å². The van der Waals surface area contributed by atoms with Crippen LogP contribution in [0.25, 0.3) is 10.6 Å². The van der Waals surface area contributed by atoms with Gasteiger partial charge in [-0.2, -0.15) is 5.10 Å². The molecule has 0 aliphatic rings. The molecule has 0 bridgehead atoms. The van der Waals surface area contributed by atoms with Gasteiger partial charge in [0.2, 0.25) is 0 Å². The molecule has 0 saturated heterocycles. The van der Waals surface area contributed by atoms with Gasteiger partial charge in [-0.1, -0.05) is 0 Å². The second kappa shape index (κ2) is 3.77. The zero-order chi connectivity index (χ0) is 9.97. The van der Waals surface area contributed by atoms with Gasteiger partial charge in [-0.25, -0.2) is 9.06 Å². The predicted molar refractivity (Wildman–Crippen MR) is 54.8 cm³/mol. The normalized spacial score (nSPS) is 10.6. The number of aliphatic hydroxyl groups excluding tert-OH is 1. The molecule has 2 aromatic rings. The summed E-state index contributed by atoms with van der Waals surface area (Å²) in [6.07, 6.45) is 1.72. The molecule has 0 unspecified atom stereocenters. The van der Waals surface area contributed by atoms with Gasteiger partial charge in [0.15, 0.2) is 0 Å². The summed E-state index contributed by atoms with van der Waals surface area (Å²) >= 11 is 1.37. The molecular formula is C8H10N4OS. The number of rotatable bonds is 3. The summed E-state index contributed by atoms with van der Waals surface area (Å²) in [5.74, 6) is 0.558. The molecule has 2 aromatic heterocycles. The number of nitrogens with zero attached hydrogens (tertiary/aromatic N) is 3. The molecule has 0 saturated carbocycles. The third-order valence-corrected chi connectivity index (χ3v) is 2.58. The molecule has 0 radical (unpaired) electrons. The molecular weight excluding hydrogens is 200 g/mol.